The molecule has 0 aliphatic carbocycles. The quantitative estimate of drug-likeness (QED) is 0.322. The summed E-state index contributed by atoms with van der Waals surface area (Å²) in [5, 5.41) is 11.2. The molecule has 0 spiro atoms. The van der Waals surface area contributed by atoms with E-state index in [2.05, 4.69) is 35.8 Å². The summed E-state index contributed by atoms with van der Waals surface area (Å²) in [5.74, 6) is -0.0507. The number of aromatic hydroxyl groups is 1. The van der Waals surface area contributed by atoms with Crippen LogP contribution in [0.3, 0.4) is 0 Å². The van der Waals surface area contributed by atoms with Gasteiger partial charge >= 0.3 is 0 Å². The van der Waals surface area contributed by atoms with Crippen LogP contribution in [0.5, 0.6) is 5.75 Å². The van der Waals surface area contributed by atoms with Crippen LogP contribution in [-0.2, 0) is 4.74 Å². The predicted molar refractivity (Wildman–Crippen MR) is 125 cm³/mol. The molecule has 1 aromatic heterocycles. The van der Waals surface area contributed by atoms with Gasteiger partial charge in [0.1, 0.15) is 22.3 Å². The number of morpholine rings is 1. The number of nitrogens with zero attached hydrogens (tertiary/aromatic N) is 3. The van der Waals surface area contributed by atoms with E-state index in [1.54, 1.807) is 12.1 Å². The molecule has 8 heteroatoms. The molecule has 0 bridgehead atoms. The second-order valence-corrected chi connectivity index (χ2v) is 8.60. The summed E-state index contributed by atoms with van der Waals surface area (Å²) >= 11 is 2.27. The van der Waals surface area contributed by atoms with Crippen LogP contribution in [-0.4, -0.2) is 63.5 Å². The molecule has 4 rings (SSSR count). The number of phenols is 1. The van der Waals surface area contributed by atoms with E-state index in [1.165, 1.54) is 0 Å². The highest BCUT2D eigenvalue weighted by Gasteiger charge is 2.18. The van der Waals surface area contributed by atoms with Crippen molar-refractivity contribution in [1.82, 2.24) is 4.90 Å². The zero-order chi connectivity index (χ0) is 20.5. The van der Waals surface area contributed by atoms with Gasteiger partial charge in [0, 0.05) is 55.8 Å². The van der Waals surface area contributed by atoms with Crippen molar-refractivity contribution in [1.29, 1.82) is 0 Å². The number of ether oxygens (including phenoxy) is 1. The Labute approximate surface area is 182 Å². The monoisotopic (exact) mass is 509 g/mol. The van der Waals surface area contributed by atoms with Crippen LogP contribution in [0.2, 0.25) is 0 Å². The first-order valence-electron chi connectivity index (χ1n) is 9.58. The Morgan fingerprint density at radius 3 is 2.59 bits per heavy atom. The minimum absolute atomic E-state index is 0.0507. The van der Waals surface area contributed by atoms with E-state index in [-0.39, 0.29) is 16.6 Å². The summed E-state index contributed by atoms with van der Waals surface area (Å²) in [6, 6.07) is 9.04. The number of benzene rings is 2. The molecule has 2 heterocycles. The number of phenolic OH excluding ortho intramolecular Hbond substituents is 1. The fourth-order valence-electron chi connectivity index (χ4n) is 3.50. The molecule has 7 nitrogen and oxygen atoms in total. The second kappa shape index (κ2) is 8.37. The van der Waals surface area contributed by atoms with Crippen molar-refractivity contribution < 1.29 is 14.3 Å². The van der Waals surface area contributed by atoms with Gasteiger partial charge in [0.25, 0.3) is 0 Å². The minimum atomic E-state index is -0.216. The van der Waals surface area contributed by atoms with Gasteiger partial charge in [-0.05, 0) is 26.2 Å². The molecular weight excluding hydrogens is 485 g/mol. The van der Waals surface area contributed by atoms with Gasteiger partial charge in [0.2, 0.25) is 5.43 Å². The molecule has 29 heavy (non-hydrogen) atoms. The average molecular weight is 509 g/mol. The molecule has 154 valence electrons. The van der Waals surface area contributed by atoms with E-state index in [9.17, 15) is 9.90 Å². The molecule has 3 aromatic rings. The van der Waals surface area contributed by atoms with Crippen LogP contribution >= 0.6 is 22.9 Å². The van der Waals surface area contributed by atoms with E-state index in [0.717, 1.165) is 37.6 Å². The largest absolute Gasteiger partial charge is 0.507 e. The van der Waals surface area contributed by atoms with Gasteiger partial charge in [0.15, 0.2) is 0 Å². The second-order valence-electron chi connectivity index (χ2n) is 7.44. The van der Waals surface area contributed by atoms with Crippen molar-refractivity contribution in [2.24, 2.45) is 0 Å². The van der Waals surface area contributed by atoms with Crippen molar-refractivity contribution in [3.05, 3.63) is 40.6 Å². The van der Waals surface area contributed by atoms with E-state index in [1.807, 2.05) is 32.3 Å². The van der Waals surface area contributed by atoms with Crippen LogP contribution in [0.25, 0.3) is 21.9 Å². The van der Waals surface area contributed by atoms with Gasteiger partial charge in [0.05, 0.1) is 41.5 Å². The molecule has 0 amide bonds. The lowest BCUT2D eigenvalue weighted by atomic mass is 10.1. The molecule has 0 radical (unpaired) electrons. The number of hydrogen-bond acceptors (Lipinski definition) is 7. The first kappa shape index (κ1) is 20.2. The average Bonchev–Trinajstić information content (AvgIpc) is 2.71. The van der Waals surface area contributed by atoms with Gasteiger partial charge in [-0.1, -0.05) is 0 Å². The highest BCUT2D eigenvalue weighted by atomic mass is 127. The maximum absolute atomic E-state index is 13.0. The highest BCUT2D eigenvalue weighted by Crippen LogP contribution is 2.32. The van der Waals surface area contributed by atoms with Crippen LogP contribution in [0.1, 0.15) is 0 Å². The molecule has 0 unspecified atom stereocenters. The topological polar surface area (TPSA) is 69.4 Å². The number of anilines is 2. The third kappa shape index (κ3) is 4.15. The fourth-order valence-corrected chi connectivity index (χ4v) is 4.02. The van der Waals surface area contributed by atoms with Gasteiger partial charge in [-0.2, -0.15) is 0 Å². The van der Waals surface area contributed by atoms with Gasteiger partial charge in [-0.3, -0.25) is 4.79 Å². The molecule has 0 atom stereocenters. The van der Waals surface area contributed by atoms with E-state index in [0.29, 0.717) is 29.8 Å². The highest BCUT2D eigenvalue weighted by molar-refractivity contribution is 14.1. The lowest BCUT2D eigenvalue weighted by Crippen LogP contribution is -2.36. The maximum Gasteiger partial charge on any atom is 0.204 e. The van der Waals surface area contributed by atoms with Crippen molar-refractivity contribution in [3.8, 4) is 5.75 Å². The smallest absolute Gasteiger partial charge is 0.204 e. The summed E-state index contributed by atoms with van der Waals surface area (Å²) in [6.45, 7) is 4.52. The summed E-state index contributed by atoms with van der Waals surface area (Å²) in [7, 11) is 4.07. The van der Waals surface area contributed by atoms with E-state index < -0.39 is 0 Å². The summed E-state index contributed by atoms with van der Waals surface area (Å²) < 4.78 is 13.6. The minimum Gasteiger partial charge on any atom is -0.507 e. The predicted octanol–water partition coefficient (Wildman–Crippen LogP) is 3.21. The zero-order valence-corrected chi connectivity index (χ0v) is 18.7. The lowest BCUT2D eigenvalue weighted by molar-refractivity contribution is 0.122. The van der Waals surface area contributed by atoms with Gasteiger partial charge in [-0.15, -0.1) is 0 Å². The Bertz CT molecular complexity index is 1090. The Morgan fingerprint density at radius 2 is 1.86 bits per heavy atom. The first-order chi connectivity index (χ1) is 13.9. The molecule has 1 saturated heterocycles. The fraction of sp³-hybridized carbons (Fsp3) is 0.381. The van der Waals surface area contributed by atoms with E-state index in [4.69, 9.17) is 9.15 Å². The molecule has 1 fully saturated rings. The van der Waals surface area contributed by atoms with E-state index >= 15 is 0 Å². The SMILES string of the molecule is CN(C)CCN(I)c1ccc2c(=O)c3c(O)cc(N4CCOCC4)cc3oc2c1. The normalized spacial score (nSPS) is 14.8. The summed E-state index contributed by atoms with van der Waals surface area (Å²) in [4.78, 5) is 17.3. The van der Waals surface area contributed by atoms with Crippen LogP contribution < -0.4 is 13.4 Å². The van der Waals surface area contributed by atoms with Gasteiger partial charge < -0.3 is 27.2 Å². The zero-order valence-electron chi connectivity index (χ0n) is 16.5. The van der Waals surface area contributed by atoms with Crippen molar-refractivity contribution in [2.75, 3.05) is 61.5 Å². The molecule has 1 N–H and O–H groups in total. The number of halogens is 1. The Morgan fingerprint density at radius 1 is 1.10 bits per heavy atom. The summed E-state index contributed by atoms with van der Waals surface area (Å²) in [6.07, 6.45) is 0. The van der Waals surface area contributed by atoms with Crippen LogP contribution in [0.15, 0.2) is 39.5 Å². The van der Waals surface area contributed by atoms with Crippen molar-refractivity contribution >= 4 is 56.2 Å². The Balaban J connectivity index is 1.78. The van der Waals surface area contributed by atoms with Crippen LogP contribution in [0.4, 0.5) is 11.4 Å². The Kier molecular flexibility index (Phi) is 5.84. The lowest BCUT2D eigenvalue weighted by Gasteiger charge is -2.29. The Hall–Kier alpha value is -2.04. The number of hydrogen-bond donors (Lipinski definition) is 1. The molecule has 2 aromatic carbocycles. The third-order valence-electron chi connectivity index (χ3n) is 5.12. The summed E-state index contributed by atoms with van der Waals surface area (Å²) in [5.41, 5.74) is 2.50. The number of likely N-dealkylation sites (N-methyl/N-ethyl adjacent to an activating group) is 1. The molecular formula is C21H24IN3O4. The number of fused-ring (bicyclic) bond motifs is 2. The maximum atomic E-state index is 13.0. The molecule has 1 aliphatic rings. The van der Waals surface area contributed by atoms with Crippen molar-refractivity contribution in [2.45, 2.75) is 0 Å². The number of rotatable bonds is 5. The standard InChI is InChI=1S/C21H24IN3O4/c1-23(2)5-6-25(22)14-3-4-16-18(12-14)29-19-13-15(24-7-9-28-10-8-24)11-17(26)20(19)21(16)27/h3-4,11-13,26H,5-10H2,1-2H3. The molecule has 0 saturated carbocycles. The van der Waals surface area contributed by atoms with Crippen LogP contribution in [0, 0.1) is 0 Å². The molecule has 1 aliphatic heterocycles. The van der Waals surface area contributed by atoms with Gasteiger partial charge in [-0.25, -0.2) is 0 Å². The van der Waals surface area contributed by atoms with Crippen molar-refractivity contribution in [3.63, 3.8) is 0 Å². The first-order valence-corrected chi connectivity index (χ1v) is 10.5. The third-order valence-corrected chi connectivity index (χ3v) is 6.16.